The summed E-state index contributed by atoms with van der Waals surface area (Å²) in [6.07, 6.45) is 0. The monoisotopic (exact) mass is 273 g/mol. The van der Waals surface area contributed by atoms with E-state index in [0.717, 1.165) is 42.0 Å². The van der Waals surface area contributed by atoms with E-state index in [9.17, 15) is 0 Å². The van der Waals surface area contributed by atoms with Gasteiger partial charge in [-0.15, -0.1) is 0 Å². The van der Waals surface area contributed by atoms with Crippen molar-refractivity contribution in [3.8, 4) is 5.75 Å². The summed E-state index contributed by atoms with van der Waals surface area (Å²) in [7, 11) is 0. The molecule has 0 spiro atoms. The van der Waals surface area contributed by atoms with Crippen molar-refractivity contribution >= 4 is 10.9 Å². The fraction of sp³-hybridized carbons (Fsp3) is 0.438. The van der Waals surface area contributed by atoms with Gasteiger partial charge < -0.3 is 15.4 Å². The number of para-hydroxylation sites is 1. The summed E-state index contributed by atoms with van der Waals surface area (Å²) in [5.41, 5.74) is 7.50. The van der Waals surface area contributed by atoms with Crippen molar-refractivity contribution in [3.63, 3.8) is 0 Å². The molecule has 0 unspecified atom stereocenters. The third kappa shape index (κ3) is 3.46. The van der Waals surface area contributed by atoms with Gasteiger partial charge >= 0.3 is 0 Å². The van der Waals surface area contributed by atoms with Crippen LogP contribution in [0, 0.1) is 0 Å². The number of pyridine rings is 1. The van der Waals surface area contributed by atoms with Crippen molar-refractivity contribution in [2.24, 2.45) is 5.73 Å². The maximum absolute atomic E-state index is 5.96. The molecule has 0 aliphatic carbocycles. The van der Waals surface area contributed by atoms with Gasteiger partial charge in [0.05, 0.1) is 11.2 Å². The van der Waals surface area contributed by atoms with Crippen LogP contribution in [0.2, 0.25) is 0 Å². The molecule has 0 aliphatic heterocycles. The summed E-state index contributed by atoms with van der Waals surface area (Å²) in [5, 5.41) is 1.05. The molecule has 2 aromatic rings. The zero-order chi connectivity index (χ0) is 14.4. The molecule has 2 N–H and O–H groups in total. The Morgan fingerprint density at radius 2 is 1.95 bits per heavy atom. The van der Waals surface area contributed by atoms with Gasteiger partial charge in [0, 0.05) is 24.5 Å². The van der Waals surface area contributed by atoms with Crippen molar-refractivity contribution in [2.75, 3.05) is 26.2 Å². The van der Waals surface area contributed by atoms with Gasteiger partial charge in [0.25, 0.3) is 0 Å². The molecule has 4 heteroatoms. The van der Waals surface area contributed by atoms with E-state index in [-0.39, 0.29) is 0 Å². The summed E-state index contributed by atoms with van der Waals surface area (Å²) >= 11 is 0. The highest BCUT2D eigenvalue weighted by molar-refractivity contribution is 5.85. The van der Waals surface area contributed by atoms with Crippen LogP contribution in [0.3, 0.4) is 0 Å². The Labute approximate surface area is 120 Å². The Balaban J connectivity index is 2.15. The maximum Gasteiger partial charge on any atom is 0.130 e. The fourth-order valence-corrected chi connectivity index (χ4v) is 2.24. The van der Waals surface area contributed by atoms with E-state index in [1.807, 2.05) is 30.3 Å². The number of nitrogens with two attached hydrogens (primary N) is 1. The molecule has 0 fully saturated rings. The lowest BCUT2D eigenvalue weighted by molar-refractivity contribution is 0.224. The molecule has 1 heterocycles. The molecular weight excluding hydrogens is 250 g/mol. The normalized spacial score (nSPS) is 11.2. The summed E-state index contributed by atoms with van der Waals surface area (Å²) in [6, 6.07) is 9.96. The van der Waals surface area contributed by atoms with Crippen LogP contribution in [0.25, 0.3) is 10.9 Å². The molecule has 0 amide bonds. The highest BCUT2D eigenvalue weighted by atomic mass is 16.5. The number of benzene rings is 1. The van der Waals surface area contributed by atoms with Crippen LogP contribution >= 0.6 is 0 Å². The molecule has 1 aromatic carbocycles. The summed E-state index contributed by atoms with van der Waals surface area (Å²) in [5.74, 6) is 0.878. The second kappa shape index (κ2) is 7.22. The number of rotatable bonds is 7. The second-order valence-electron chi connectivity index (χ2n) is 4.71. The predicted molar refractivity (Wildman–Crippen MR) is 82.9 cm³/mol. The van der Waals surface area contributed by atoms with E-state index < -0.39 is 0 Å². The van der Waals surface area contributed by atoms with E-state index in [2.05, 4.69) is 23.7 Å². The molecule has 0 saturated carbocycles. The lowest BCUT2D eigenvalue weighted by atomic mass is 10.2. The SMILES string of the molecule is CCN(CC)CCOc1cc(CN)nc2ccccc12. The van der Waals surface area contributed by atoms with Crippen LogP contribution in [0.4, 0.5) is 0 Å². The third-order valence-corrected chi connectivity index (χ3v) is 3.50. The zero-order valence-corrected chi connectivity index (χ0v) is 12.3. The van der Waals surface area contributed by atoms with Crippen LogP contribution in [-0.2, 0) is 6.54 Å². The molecule has 108 valence electrons. The first kappa shape index (κ1) is 14.8. The predicted octanol–water partition coefficient (Wildman–Crippen LogP) is 2.41. The zero-order valence-electron chi connectivity index (χ0n) is 12.3. The van der Waals surface area contributed by atoms with E-state index in [4.69, 9.17) is 10.5 Å². The largest absolute Gasteiger partial charge is 0.491 e. The average Bonchev–Trinajstić information content (AvgIpc) is 2.51. The lowest BCUT2D eigenvalue weighted by Gasteiger charge is -2.18. The Hall–Kier alpha value is -1.65. The van der Waals surface area contributed by atoms with Crippen LogP contribution in [-0.4, -0.2) is 36.1 Å². The molecule has 1 aromatic heterocycles. The van der Waals surface area contributed by atoms with Crippen LogP contribution < -0.4 is 10.5 Å². The Morgan fingerprint density at radius 3 is 2.65 bits per heavy atom. The van der Waals surface area contributed by atoms with Gasteiger partial charge in [-0.25, -0.2) is 0 Å². The molecular formula is C16H23N3O. The molecule has 0 aliphatic rings. The number of nitrogens with zero attached hydrogens (tertiary/aromatic N) is 2. The molecule has 20 heavy (non-hydrogen) atoms. The van der Waals surface area contributed by atoms with Gasteiger partial charge in [0.2, 0.25) is 0 Å². The van der Waals surface area contributed by atoms with Gasteiger partial charge in [-0.05, 0) is 25.2 Å². The summed E-state index contributed by atoms with van der Waals surface area (Å²) in [6.45, 7) is 8.46. The topological polar surface area (TPSA) is 51.4 Å². The first-order chi connectivity index (χ1) is 9.78. The third-order valence-electron chi connectivity index (χ3n) is 3.50. The fourth-order valence-electron chi connectivity index (χ4n) is 2.24. The van der Waals surface area contributed by atoms with Gasteiger partial charge in [-0.1, -0.05) is 26.0 Å². The molecule has 0 saturated heterocycles. The molecule has 0 atom stereocenters. The standard InChI is InChI=1S/C16H23N3O/c1-3-19(4-2)9-10-20-16-11-13(12-17)18-15-8-6-5-7-14(15)16/h5-8,11H,3-4,9-10,12,17H2,1-2H3. The van der Waals surface area contributed by atoms with E-state index >= 15 is 0 Å². The van der Waals surface area contributed by atoms with Crippen LogP contribution in [0.15, 0.2) is 30.3 Å². The number of fused-ring (bicyclic) bond motifs is 1. The van der Waals surface area contributed by atoms with Crippen LogP contribution in [0.1, 0.15) is 19.5 Å². The Bertz CT molecular complexity index is 552. The Morgan fingerprint density at radius 1 is 1.20 bits per heavy atom. The number of hydrogen-bond acceptors (Lipinski definition) is 4. The van der Waals surface area contributed by atoms with Crippen molar-refractivity contribution in [1.29, 1.82) is 0 Å². The Kier molecular flexibility index (Phi) is 5.32. The van der Waals surface area contributed by atoms with Gasteiger partial charge in [-0.2, -0.15) is 0 Å². The minimum Gasteiger partial charge on any atom is -0.491 e. The van der Waals surface area contributed by atoms with E-state index in [0.29, 0.717) is 13.2 Å². The van der Waals surface area contributed by atoms with Crippen molar-refractivity contribution in [3.05, 3.63) is 36.0 Å². The highest BCUT2D eigenvalue weighted by Gasteiger charge is 2.06. The quantitative estimate of drug-likeness (QED) is 0.841. The molecule has 4 nitrogen and oxygen atoms in total. The average molecular weight is 273 g/mol. The van der Waals surface area contributed by atoms with Crippen molar-refractivity contribution < 1.29 is 4.74 Å². The minimum absolute atomic E-state index is 0.428. The van der Waals surface area contributed by atoms with Crippen molar-refractivity contribution in [2.45, 2.75) is 20.4 Å². The van der Waals surface area contributed by atoms with Gasteiger partial charge in [0.15, 0.2) is 0 Å². The summed E-state index contributed by atoms with van der Waals surface area (Å²) in [4.78, 5) is 6.85. The lowest BCUT2D eigenvalue weighted by Crippen LogP contribution is -2.27. The van der Waals surface area contributed by atoms with Gasteiger partial charge in [-0.3, -0.25) is 4.98 Å². The summed E-state index contributed by atoms with van der Waals surface area (Å²) < 4.78 is 5.96. The first-order valence-electron chi connectivity index (χ1n) is 7.22. The highest BCUT2D eigenvalue weighted by Crippen LogP contribution is 2.25. The first-order valence-corrected chi connectivity index (χ1v) is 7.22. The molecule has 0 bridgehead atoms. The van der Waals surface area contributed by atoms with E-state index in [1.165, 1.54) is 0 Å². The van der Waals surface area contributed by atoms with E-state index in [1.54, 1.807) is 0 Å². The smallest absolute Gasteiger partial charge is 0.130 e. The molecule has 0 radical (unpaired) electrons. The minimum atomic E-state index is 0.428. The van der Waals surface area contributed by atoms with Crippen molar-refractivity contribution in [1.82, 2.24) is 9.88 Å². The number of ether oxygens (including phenoxy) is 1. The molecule has 2 rings (SSSR count). The van der Waals surface area contributed by atoms with Gasteiger partial charge in [0.1, 0.15) is 12.4 Å². The maximum atomic E-state index is 5.96. The second-order valence-corrected chi connectivity index (χ2v) is 4.71. The number of likely N-dealkylation sites (N-methyl/N-ethyl adjacent to an activating group) is 1. The van der Waals surface area contributed by atoms with Crippen LogP contribution in [0.5, 0.6) is 5.75 Å². The number of aromatic nitrogens is 1. The number of hydrogen-bond donors (Lipinski definition) is 1.